The maximum atomic E-state index is 12.7. The number of carboxylic acid groups (broad SMARTS) is 1. The monoisotopic (exact) mass is 519 g/mol. The molecule has 0 saturated heterocycles. The molecular formula is C28H26ClN3O3S. The van der Waals surface area contributed by atoms with Crippen molar-refractivity contribution in [2.45, 2.75) is 25.9 Å². The van der Waals surface area contributed by atoms with Gasteiger partial charge in [-0.1, -0.05) is 66.2 Å². The topological polar surface area (TPSA) is 82.5 Å². The van der Waals surface area contributed by atoms with Gasteiger partial charge in [0.1, 0.15) is 6.04 Å². The van der Waals surface area contributed by atoms with Gasteiger partial charge in [-0.05, 0) is 42.3 Å². The lowest BCUT2D eigenvalue weighted by Gasteiger charge is -2.20. The molecule has 184 valence electrons. The molecule has 1 aromatic heterocycles. The molecule has 0 saturated carbocycles. The van der Waals surface area contributed by atoms with Crippen molar-refractivity contribution in [1.29, 1.82) is 0 Å². The molecular weight excluding hydrogens is 494 g/mol. The van der Waals surface area contributed by atoms with Gasteiger partial charge in [0.25, 0.3) is 5.91 Å². The van der Waals surface area contributed by atoms with E-state index >= 15 is 0 Å². The minimum atomic E-state index is -1.07. The molecule has 0 fully saturated rings. The second kappa shape index (κ2) is 11.8. The molecule has 4 aromatic rings. The Balaban J connectivity index is 1.40. The fourth-order valence-corrected chi connectivity index (χ4v) is 4.78. The Morgan fingerprint density at radius 3 is 2.33 bits per heavy atom. The van der Waals surface area contributed by atoms with E-state index in [4.69, 9.17) is 16.6 Å². The number of hydrogen-bond donors (Lipinski definition) is 2. The number of aliphatic carboxylic acids is 1. The maximum absolute atomic E-state index is 12.7. The Bertz CT molecular complexity index is 1310. The largest absolute Gasteiger partial charge is 0.480 e. The molecule has 0 aliphatic heterocycles. The first-order valence-electron chi connectivity index (χ1n) is 11.6. The van der Waals surface area contributed by atoms with E-state index in [9.17, 15) is 14.7 Å². The van der Waals surface area contributed by atoms with E-state index in [1.54, 1.807) is 23.5 Å². The summed E-state index contributed by atoms with van der Waals surface area (Å²) in [6.07, 6.45) is 0.220. The average molecular weight is 520 g/mol. The Labute approximate surface area is 219 Å². The fraction of sp³-hybridized carbons (Fsp3) is 0.179. The summed E-state index contributed by atoms with van der Waals surface area (Å²) in [4.78, 5) is 31.4. The van der Waals surface area contributed by atoms with Crippen molar-refractivity contribution in [2.75, 3.05) is 11.4 Å². The first-order chi connectivity index (χ1) is 17.4. The predicted molar refractivity (Wildman–Crippen MR) is 145 cm³/mol. The Morgan fingerprint density at radius 1 is 1.00 bits per heavy atom. The van der Waals surface area contributed by atoms with E-state index in [1.807, 2.05) is 72.1 Å². The highest BCUT2D eigenvalue weighted by molar-refractivity contribution is 7.14. The smallest absolute Gasteiger partial charge is 0.326 e. The van der Waals surface area contributed by atoms with Crippen LogP contribution in [0.15, 0.2) is 84.2 Å². The molecule has 36 heavy (non-hydrogen) atoms. The number of nitrogens with one attached hydrogen (secondary N) is 1. The van der Waals surface area contributed by atoms with Gasteiger partial charge in [-0.15, -0.1) is 11.3 Å². The van der Waals surface area contributed by atoms with Gasteiger partial charge in [0.05, 0.1) is 5.69 Å². The zero-order valence-electron chi connectivity index (χ0n) is 19.7. The molecule has 1 atom stereocenters. The van der Waals surface area contributed by atoms with Crippen molar-refractivity contribution >= 4 is 39.9 Å². The molecule has 1 heterocycles. The van der Waals surface area contributed by atoms with Crippen LogP contribution in [0.1, 0.15) is 28.4 Å². The molecule has 0 aliphatic carbocycles. The van der Waals surface area contributed by atoms with Crippen LogP contribution in [0.5, 0.6) is 0 Å². The van der Waals surface area contributed by atoms with Crippen molar-refractivity contribution in [3.8, 4) is 11.3 Å². The molecule has 3 aromatic carbocycles. The van der Waals surface area contributed by atoms with E-state index in [2.05, 4.69) is 17.1 Å². The van der Waals surface area contributed by atoms with Crippen molar-refractivity contribution in [2.24, 2.45) is 0 Å². The van der Waals surface area contributed by atoms with Gasteiger partial charge < -0.3 is 15.3 Å². The molecule has 0 radical (unpaired) electrons. The standard InChI is InChI=1S/C28H26ClN3O3S/c1-2-32(28-31-25(18-36-28)21-12-14-23(29)15-13-21)17-20-8-10-22(11-9-20)26(33)30-24(27(34)35)16-19-6-4-3-5-7-19/h3-15,18,24H,2,16-17H2,1H3,(H,30,33)(H,34,35). The van der Waals surface area contributed by atoms with E-state index in [0.29, 0.717) is 17.1 Å². The first kappa shape index (κ1) is 25.4. The number of aromatic nitrogens is 1. The number of nitrogens with zero attached hydrogens (tertiary/aromatic N) is 2. The van der Waals surface area contributed by atoms with Crippen molar-refractivity contribution in [1.82, 2.24) is 10.3 Å². The highest BCUT2D eigenvalue weighted by Crippen LogP contribution is 2.29. The second-order valence-corrected chi connectivity index (χ2v) is 9.56. The molecule has 0 aliphatic rings. The zero-order chi connectivity index (χ0) is 25.5. The summed E-state index contributed by atoms with van der Waals surface area (Å²) < 4.78 is 0. The first-order valence-corrected chi connectivity index (χ1v) is 12.8. The molecule has 4 rings (SSSR count). The highest BCUT2D eigenvalue weighted by atomic mass is 35.5. The van der Waals surface area contributed by atoms with Gasteiger partial charge in [-0.3, -0.25) is 4.79 Å². The predicted octanol–water partition coefficient (Wildman–Crippen LogP) is 5.92. The lowest BCUT2D eigenvalue weighted by Crippen LogP contribution is -2.42. The van der Waals surface area contributed by atoms with Crippen LogP contribution in [0.3, 0.4) is 0 Å². The highest BCUT2D eigenvalue weighted by Gasteiger charge is 2.21. The van der Waals surface area contributed by atoms with Crippen LogP contribution in [0.2, 0.25) is 5.02 Å². The van der Waals surface area contributed by atoms with Crippen molar-refractivity contribution in [3.63, 3.8) is 0 Å². The number of anilines is 1. The van der Waals surface area contributed by atoms with E-state index in [0.717, 1.165) is 34.1 Å². The second-order valence-electron chi connectivity index (χ2n) is 8.29. The summed E-state index contributed by atoms with van der Waals surface area (Å²) in [5.74, 6) is -1.48. The van der Waals surface area contributed by atoms with Crippen LogP contribution < -0.4 is 10.2 Å². The summed E-state index contributed by atoms with van der Waals surface area (Å²) in [7, 11) is 0. The number of rotatable bonds is 10. The molecule has 1 amide bonds. The van der Waals surface area contributed by atoms with Crippen molar-refractivity contribution in [3.05, 3.63) is 106 Å². The SMILES string of the molecule is CCN(Cc1ccc(C(=O)NC(Cc2ccccc2)C(=O)O)cc1)c1nc(-c2ccc(Cl)cc2)cs1. The number of carboxylic acids is 1. The van der Waals surface area contributed by atoms with Crippen LogP contribution >= 0.6 is 22.9 Å². The summed E-state index contributed by atoms with van der Waals surface area (Å²) in [5, 5.41) is 15.8. The van der Waals surface area contributed by atoms with Gasteiger partial charge in [-0.25, -0.2) is 9.78 Å². The number of amides is 1. The van der Waals surface area contributed by atoms with Gasteiger partial charge in [0.15, 0.2) is 5.13 Å². The molecule has 6 nitrogen and oxygen atoms in total. The minimum Gasteiger partial charge on any atom is -0.480 e. The average Bonchev–Trinajstić information content (AvgIpc) is 3.38. The van der Waals surface area contributed by atoms with E-state index in [1.165, 1.54) is 0 Å². The molecule has 2 N–H and O–H groups in total. The van der Waals surface area contributed by atoms with Crippen LogP contribution in [0.4, 0.5) is 5.13 Å². The zero-order valence-corrected chi connectivity index (χ0v) is 21.3. The number of halogens is 1. The Hall–Kier alpha value is -3.68. The van der Waals surface area contributed by atoms with E-state index in [-0.39, 0.29) is 6.42 Å². The van der Waals surface area contributed by atoms with Gasteiger partial charge in [0.2, 0.25) is 0 Å². The lowest BCUT2D eigenvalue weighted by atomic mass is 10.1. The number of carbonyl (C=O) groups is 2. The quantitative estimate of drug-likeness (QED) is 0.272. The summed E-state index contributed by atoms with van der Waals surface area (Å²) in [6.45, 7) is 3.48. The van der Waals surface area contributed by atoms with Gasteiger partial charge >= 0.3 is 5.97 Å². The Morgan fingerprint density at radius 2 is 1.69 bits per heavy atom. The summed E-state index contributed by atoms with van der Waals surface area (Å²) >= 11 is 7.57. The summed E-state index contributed by atoms with van der Waals surface area (Å²) in [5.41, 5.74) is 4.21. The number of thiazole rings is 1. The third-order valence-corrected chi connectivity index (χ3v) is 6.91. The van der Waals surface area contributed by atoms with Gasteiger partial charge in [-0.2, -0.15) is 0 Å². The van der Waals surface area contributed by atoms with Crippen LogP contribution in [-0.4, -0.2) is 34.6 Å². The fourth-order valence-electron chi connectivity index (χ4n) is 3.75. The third-order valence-electron chi connectivity index (χ3n) is 5.76. The third kappa shape index (κ3) is 6.50. The van der Waals surface area contributed by atoms with Crippen LogP contribution in [0.25, 0.3) is 11.3 Å². The minimum absolute atomic E-state index is 0.220. The number of carbonyl (C=O) groups excluding carboxylic acids is 1. The number of hydrogen-bond acceptors (Lipinski definition) is 5. The molecule has 0 bridgehead atoms. The van der Waals surface area contributed by atoms with Gasteiger partial charge in [0, 0.05) is 41.0 Å². The van der Waals surface area contributed by atoms with E-state index < -0.39 is 17.9 Å². The number of benzene rings is 3. The Kier molecular flexibility index (Phi) is 8.36. The van der Waals surface area contributed by atoms with Crippen LogP contribution in [-0.2, 0) is 17.8 Å². The molecule has 8 heteroatoms. The molecule has 0 spiro atoms. The lowest BCUT2D eigenvalue weighted by molar-refractivity contribution is -0.139. The normalized spacial score (nSPS) is 11.6. The maximum Gasteiger partial charge on any atom is 0.326 e. The molecule has 1 unspecified atom stereocenters. The van der Waals surface area contributed by atoms with Crippen LogP contribution in [0, 0.1) is 0 Å². The summed E-state index contributed by atoms with van der Waals surface area (Å²) in [6, 6.07) is 23.1. The van der Waals surface area contributed by atoms with Crippen molar-refractivity contribution < 1.29 is 14.7 Å².